The first-order valence-electron chi connectivity index (χ1n) is 8.20. The van der Waals surface area contributed by atoms with Crippen molar-refractivity contribution in [3.05, 3.63) is 59.7 Å². The molecular formula is C19H23F2N2O2+. The van der Waals surface area contributed by atoms with Gasteiger partial charge in [-0.15, -0.1) is 0 Å². The van der Waals surface area contributed by atoms with E-state index in [2.05, 4.69) is 5.32 Å². The summed E-state index contributed by atoms with van der Waals surface area (Å²) in [5, 5.41) is 2.51. The fraction of sp³-hybridized carbons (Fsp3) is 0.316. The third-order valence-electron chi connectivity index (χ3n) is 4.04. The normalized spacial score (nSPS) is 13.2. The summed E-state index contributed by atoms with van der Waals surface area (Å²) in [4.78, 5) is 13.3. The molecule has 2 aromatic rings. The highest BCUT2D eigenvalue weighted by atomic mass is 19.1. The standard InChI is InChI=1S/C19H22F2N2O2/c1-4-25-16-8-5-14(6-9-16)12-23(3)13(2)19(24)22-18-10-7-15(20)11-17(18)21/h5-11,13H,4,12H2,1-3H3,(H,22,24)/p+1/t13-/m0/s1. The van der Waals surface area contributed by atoms with Crippen molar-refractivity contribution >= 4 is 11.6 Å². The molecule has 0 bridgehead atoms. The number of carbonyl (C=O) groups excluding carboxylic acids is 1. The Labute approximate surface area is 146 Å². The monoisotopic (exact) mass is 349 g/mol. The minimum Gasteiger partial charge on any atom is -0.494 e. The Morgan fingerprint density at radius 1 is 1.20 bits per heavy atom. The number of hydrogen-bond donors (Lipinski definition) is 2. The topological polar surface area (TPSA) is 42.8 Å². The molecule has 0 fully saturated rings. The lowest BCUT2D eigenvalue weighted by atomic mass is 10.1. The number of quaternary nitrogens is 1. The number of amides is 1. The summed E-state index contributed by atoms with van der Waals surface area (Å²) in [6.45, 7) is 4.94. The van der Waals surface area contributed by atoms with Gasteiger partial charge in [-0.1, -0.05) is 0 Å². The molecule has 0 saturated heterocycles. The van der Waals surface area contributed by atoms with Crippen LogP contribution in [0.25, 0.3) is 0 Å². The van der Waals surface area contributed by atoms with Gasteiger partial charge in [0.25, 0.3) is 5.91 Å². The second-order valence-corrected chi connectivity index (χ2v) is 5.94. The van der Waals surface area contributed by atoms with Crippen molar-refractivity contribution in [2.75, 3.05) is 19.0 Å². The maximum atomic E-state index is 13.6. The van der Waals surface area contributed by atoms with Crippen LogP contribution < -0.4 is 15.0 Å². The number of likely N-dealkylation sites (N-methyl/N-ethyl adjacent to an activating group) is 1. The molecule has 2 rings (SSSR count). The highest BCUT2D eigenvalue weighted by molar-refractivity contribution is 5.93. The van der Waals surface area contributed by atoms with E-state index in [1.807, 2.05) is 38.2 Å². The number of ether oxygens (including phenoxy) is 1. The van der Waals surface area contributed by atoms with Crippen LogP contribution in [-0.2, 0) is 11.3 Å². The van der Waals surface area contributed by atoms with Gasteiger partial charge >= 0.3 is 0 Å². The van der Waals surface area contributed by atoms with E-state index in [1.54, 1.807) is 6.92 Å². The van der Waals surface area contributed by atoms with E-state index < -0.39 is 17.7 Å². The third kappa shape index (κ3) is 5.26. The first-order chi connectivity index (χ1) is 11.9. The van der Waals surface area contributed by atoms with Gasteiger partial charge in [0.2, 0.25) is 0 Å². The highest BCUT2D eigenvalue weighted by Gasteiger charge is 2.23. The van der Waals surface area contributed by atoms with Crippen LogP contribution in [0.4, 0.5) is 14.5 Å². The van der Waals surface area contributed by atoms with Gasteiger partial charge in [-0.3, -0.25) is 4.79 Å². The van der Waals surface area contributed by atoms with Crippen LogP contribution in [0.3, 0.4) is 0 Å². The van der Waals surface area contributed by atoms with E-state index in [4.69, 9.17) is 4.74 Å². The Bertz CT molecular complexity index is 720. The highest BCUT2D eigenvalue weighted by Crippen LogP contribution is 2.15. The van der Waals surface area contributed by atoms with Gasteiger partial charge < -0.3 is 15.0 Å². The van der Waals surface area contributed by atoms with Crippen LogP contribution in [0.1, 0.15) is 19.4 Å². The molecule has 0 spiro atoms. The molecule has 6 heteroatoms. The van der Waals surface area contributed by atoms with E-state index in [0.29, 0.717) is 13.2 Å². The van der Waals surface area contributed by atoms with Crippen LogP contribution in [0.15, 0.2) is 42.5 Å². The molecule has 134 valence electrons. The van der Waals surface area contributed by atoms with E-state index in [-0.39, 0.29) is 11.6 Å². The van der Waals surface area contributed by atoms with E-state index in [0.717, 1.165) is 28.3 Å². The lowest BCUT2D eigenvalue weighted by Gasteiger charge is -2.21. The molecule has 0 aliphatic rings. The Balaban J connectivity index is 1.96. The molecule has 0 aliphatic carbocycles. The molecule has 2 atom stereocenters. The third-order valence-corrected chi connectivity index (χ3v) is 4.04. The van der Waals surface area contributed by atoms with Gasteiger partial charge in [-0.2, -0.15) is 0 Å². The summed E-state index contributed by atoms with van der Waals surface area (Å²) in [7, 11) is 1.89. The van der Waals surface area contributed by atoms with E-state index in [9.17, 15) is 13.6 Å². The summed E-state index contributed by atoms with van der Waals surface area (Å²) in [5.41, 5.74) is 1.04. The van der Waals surface area contributed by atoms with Gasteiger partial charge in [0.1, 0.15) is 23.9 Å². The zero-order valence-corrected chi connectivity index (χ0v) is 14.6. The molecule has 0 heterocycles. The van der Waals surface area contributed by atoms with Crippen molar-refractivity contribution < 1.29 is 23.2 Å². The Morgan fingerprint density at radius 3 is 2.48 bits per heavy atom. The summed E-state index contributed by atoms with van der Waals surface area (Å²) in [5.74, 6) is -0.984. The van der Waals surface area contributed by atoms with Crippen molar-refractivity contribution in [1.82, 2.24) is 0 Å². The molecule has 2 N–H and O–H groups in total. The van der Waals surface area contributed by atoms with Crippen molar-refractivity contribution in [2.24, 2.45) is 0 Å². The average Bonchev–Trinajstić information content (AvgIpc) is 2.58. The second kappa shape index (κ2) is 8.58. The Kier molecular flexibility index (Phi) is 6.47. The van der Waals surface area contributed by atoms with Gasteiger partial charge in [0, 0.05) is 11.6 Å². The number of nitrogens with one attached hydrogen (secondary N) is 2. The second-order valence-electron chi connectivity index (χ2n) is 5.94. The van der Waals surface area contributed by atoms with E-state index >= 15 is 0 Å². The molecular weight excluding hydrogens is 326 g/mol. The summed E-state index contributed by atoms with van der Waals surface area (Å²) < 4.78 is 32.0. The number of rotatable bonds is 7. The van der Waals surface area contributed by atoms with Gasteiger partial charge in [-0.25, -0.2) is 8.78 Å². The number of carbonyl (C=O) groups is 1. The van der Waals surface area contributed by atoms with Crippen molar-refractivity contribution in [3.8, 4) is 5.75 Å². The lowest BCUT2D eigenvalue weighted by Crippen LogP contribution is -3.12. The number of anilines is 1. The molecule has 0 aromatic heterocycles. The van der Waals surface area contributed by atoms with Gasteiger partial charge in [0.15, 0.2) is 6.04 Å². The maximum Gasteiger partial charge on any atom is 0.282 e. The number of halogens is 2. The fourth-order valence-electron chi connectivity index (χ4n) is 2.40. The Hall–Kier alpha value is -2.47. The summed E-state index contributed by atoms with van der Waals surface area (Å²) >= 11 is 0. The molecule has 0 radical (unpaired) electrons. The minimum atomic E-state index is -0.787. The predicted octanol–water partition coefficient (Wildman–Crippen LogP) is 2.41. The lowest BCUT2D eigenvalue weighted by molar-refractivity contribution is -0.907. The zero-order chi connectivity index (χ0) is 18.4. The summed E-state index contributed by atoms with van der Waals surface area (Å²) in [6.07, 6.45) is 0. The Morgan fingerprint density at radius 2 is 1.88 bits per heavy atom. The predicted molar refractivity (Wildman–Crippen MR) is 92.7 cm³/mol. The SMILES string of the molecule is CCOc1ccc(C[NH+](C)[C@@H](C)C(=O)Nc2ccc(F)cc2F)cc1. The average molecular weight is 349 g/mol. The summed E-state index contributed by atoms with van der Waals surface area (Å²) in [6, 6.07) is 10.4. The van der Waals surface area contributed by atoms with E-state index in [1.165, 1.54) is 6.07 Å². The van der Waals surface area contributed by atoms with Crippen molar-refractivity contribution in [3.63, 3.8) is 0 Å². The molecule has 1 unspecified atom stereocenters. The quantitative estimate of drug-likeness (QED) is 0.806. The number of hydrogen-bond acceptors (Lipinski definition) is 2. The molecule has 25 heavy (non-hydrogen) atoms. The number of benzene rings is 2. The molecule has 1 amide bonds. The molecule has 2 aromatic carbocycles. The van der Waals surface area contributed by atoms with Crippen molar-refractivity contribution in [2.45, 2.75) is 26.4 Å². The minimum absolute atomic E-state index is 0.0212. The first-order valence-corrected chi connectivity index (χ1v) is 8.20. The van der Waals surface area contributed by atoms with Gasteiger partial charge in [-0.05, 0) is 50.2 Å². The molecule has 0 aliphatic heterocycles. The molecule has 0 saturated carbocycles. The molecule has 4 nitrogen and oxygen atoms in total. The van der Waals surface area contributed by atoms with Gasteiger partial charge in [0.05, 0.1) is 19.3 Å². The van der Waals surface area contributed by atoms with Crippen molar-refractivity contribution in [1.29, 1.82) is 0 Å². The van der Waals surface area contributed by atoms with Crippen LogP contribution in [0.2, 0.25) is 0 Å². The first kappa shape index (κ1) is 18.9. The largest absolute Gasteiger partial charge is 0.494 e. The smallest absolute Gasteiger partial charge is 0.282 e. The van der Waals surface area contributed by atoms with Crippen LogP contribution >= 0.6 is 0 Å². The zero-order valence-electron chi connectivity index (χ0n) is 14.6. The van der Waals surface area contributed by atoms with Crippen LogP contribution in [-0.4, -0.2) is 25.6 Å². The fourth-order valence-corrected chi connectivity index (χ4v) is 2.40. The van der Waals surface area contributed by atoms with Crippen LogP contribution in [0.5, 0.6) is 5.75 Å². The van der Waals surface area contributed by atoms with Crippen LogP contribution in [0, 0.1) is 11.6 Å². The maximum absolute atomic E-state index is 13.6.